The Hall–Kier alpha value is -1.66. The summed E-state index contributed by atoms with van der Waals surface area (Å²) in [7, 11) is 0. The number of fused-ring (bicyclic) bond motifs is 1. The summed E-state index contributed by atoms with van der Waals surface area (Å²) in [6.07, 6.45) is 0. The topological polar surface area (TPSA) is 82.0 Å². The maximum atomic E-state index is 13.6. The summed E-state index contributed by atoms with van der Waals surface area (Å²) in [5, 5.41) is 1.46. The van der Waals surface area contributed by atoms with Crippen molar-refractivity contribution in [3.8, 4) is 0 Å². The zero-order chi connectivity index (χ0) is 14.9. The summed E-state index contributed by atoms with van der Waals surface area (Å²) >= 11 is 1.22. The SMILES string of the molecule is Cc1c(F)ccc2cc([C@H](C)N)c(SCC(N)=O)nc12. The molecule has 0 aliphatic heterocycles. The molecule has 0 saturated heterocycles. The lowest BCUT2D eigenvalue weighted by atomic mass is 10.1. The highest BCUT2D eigenvalue weighted by Crippen LogP contribution is 2.30. The first-order valence-corrected chi connectivity index (χ1v) is 7.15. The monoisotopic (exact) mass is 293 g/mol. The molecule has 0 aliphatic rings. The van der Waals surface area contributed by atoms with Crippen LogP contribution in [-0.4, -0.2) is 16.6 Å². The number of benzene rings is 1. The fourth-order valence-electron chi connectivity index (χ4n) is 1.94. The molecular weight excluding hydrogens is 277 g/mol. The van der Waals surface area contributed by atoms with Gasteiger partial charge in [-0.15, -0.1) is 0 Å². The normalized spacial score (nSPS) is 12.6. The molecule has 1 aromatic heterocycles. The molecule has 4 N–H and O–H groups in total. The maximum Gasteiger partial charge on any atom is 0.227 e. The van der Waals surface area contributed by atoms with Gasteiger partial charge in [-0.2, -0.15) is 0 Å². The van der Waals surface area contributed by atoms with E-state index in [0.717, 1.165) is 10.9 Å². The molecule has 20 heavy (non-hydrogen) atoms. The second-order valence-electron chi connectivity index (χ2n) is 4.67. The molecule has 2 aromatic rings. The minimum Gasteiger partial charge on any atom is -0.369 e. The minimum atomic E-state index is -0.427. The minimum absolute atomic E-state index is 0.118. The van der Waals surface area contributed by atoms with Gasteiger partial charge in [-0.3, -0.25) is 4.79 Å². The van der Waals surface area contributed by atoms with Gasteiger partial charge >= 0.3 is 0 Å². The lowest BCUT2D eigenvalue weighted by Crippen LogP contribution is -2.14. The first-order chi connectivity index (χ1) is 9.40. The van der Waals surface area contributed by atoms with Gasteiger partial charge < -0.3 is 11.5 Å². The van der Waals surface area contributed by atoms with Crippen molar-refractivity contribution in [2.45, 2.75) is 24.9 Å². The van der Waals surface area contributed by atoms with E-state index in [1.807, 2.05) is 13.0 Å². The van der Waals surface area contributed by atoms with E-state index in [1.54, 1.807) is 13.0 Å². The fraction of sp³-hybridized carbons (Fsp3) is 0.286. The average molecular weight is 293 g/mol. The number of carbonyl (C=O) groups excluding carboxylic acids is 1. The van der Waals surface area contributed by atoms with Crippen LogP contribution in [0.1, 0.15) is 24.1 Å². The number of thioether (sulfide) groups is 1. The standard InChI is InChI=1S/C14H16FN3OS/c1-7-11(15)4-3-9-5-10(8(2)16)14(18-13(7)9)20-6-12(17)19/h3-5,8H,6,16H2,1-2H3,(H2,17,19)/t8-/m0/s1. The van der Waals surface area contributed by atoms with Crippen LogP contribution in [0.4, 0.5) is 4.39 Å². The Morgan fingerprint density at radius 2 is 2.20 bits per heavy atom. The number of primary amides is 1. The predicted octanol–water partition coefficient (Wildman–Crippen LogP) is 2.28. The largest absolute Gasteiger partial charge is 0.369 e. The summed E-state index contributed by atoms with van der Waals surface area (Å²) in [6, 6.07) is 4.76. The molecule has 106 valence electrons. The Kier molecular flexibility index (Phi) is 4.25. The summed E-state index contributed by atoms with van der Waals surface area (Å²) in [5.41, 5.74) is 13.0. The third-order valence-corrected chi connectivity index (χ3v) is 4.04. The zero-order valence-corrected chi connectivity index (χ0v) is 12.1. The summed E-state index contributed by atoms with van der Waals surface area (Å²) in [6.45, 7) is 3.52. The molecule has 1 heterocycles. The van der Waals surface area contributed by atoms with Crippen LogP contribution in [0.25, 0.3) is 10.9 Å². The Morgan fingerprint density at radius 1 is 1.50 bits per heavy atom. The molecule has 0 spiro atoms. The smallest absolute Gasteiger partial charge is 0.227 e. The highest BCUT2D eigenvalue weighted by molar-refractivity contribution is 7.99. The van der Waals surface area contributed by atoms with Crippen LogP contribution in [0.5, 0.6) is 0 Å². The van der Waals surface area contributed by atoms with Crippen LogP contribution >= 0.6 is 11.8 Å². The molecule has 2 rings (SSSR count). The van der Waals surface area contributed by atoms with Gasteiger partial charge in [0.15, 0.2) is 0 Å². The predicted molar refractivity (Wildman–Crippen MR) is 79.0 cm³/mol. The van der Waals surface area contributed by atoms with Crippen molar-refractivity contribution in [1.29, 1.82) is 0 Å². The van der Waals surface area contributed by atoms with Crippen LogP contribution in [0.3, 0.4) is 0 Å². The Labute approximate surface area is 120 Å². The van der Waals surface area contributed by atoms with E-state index in [0.29, 0.717) is 16.1 Å². The average Bonchev–Trinajstić information content (AvgIpc) is 2.40. The van der Waals surface area contributed by atoms with Gasteiger partial charge in [-0.05, 0) is 32.0 Å². The van der Waals surface area contributed by atoms with E-state index < -0.39 is 5.91 Å². The van der Waals surface area contributed by atoms with E-state index in [9.17, 15) is 9.18 Å². The van der Waals surface area contributed by atoms with Gasteiger partial charge in [0.25, 0.3) is 0 Å². The van der Waals surface area contributed by atoms with Gasteiger partial charge in [0.05, 0.1) is 11.3 Å². The summed E-state index contributed by atoms with van der Waals surface area (Å²) < 4.78 is 13.6. The Balaban J connectivity index is 2.60. The number of nitrogens with zero attached hydrogens (tertiary/aromatic N) is 1. The van der Waals surface area contributed by atoms with Crippen molar-refractivity contribution in [3.63, 3.8) is 0 Å². The number of pyridine rings is 1. The number of rotatable bonds is 4. The second-order valence-corrected chi connectivity index (χ2v) is 5.63. The first kappa shape index (κ1) is 14.7. The fourth-order valence-corrected chi connectivity index (χ4v) is 2.78. The number of hydrogen-bond donors (Lipinski definition) is 2. The molecule has 0 unspecified atom stereocenters. The van der Waals surface area contributed by atoms with Crippen molar-refractivity contribution in [3.05, 3.63) is 35.1 Å². The van der Waals surface area contributed by atoms with Gasteiger partial charge in [0.2, 0.25) is 5.91 Å². The zero-order valence-electron chi connectivity index (χ0n) is 11.3. The quantitative estimate of drug-likeness (QED) is 0.847. The van der Waals surface area contributed by atoms with Crippen molar-refractivity contribution in [1.82, 2.24) is 4.98 Å². The Morgan fingerprint density at radius 3 is 2.80 bits per heavy atom. The van der Waals surface area contributed by atoms with Crippen molar-refractivity contribution < 1.29 is 9.18 Å². The number of halogens is 1. The van der Waals surface area contributed by atoms with Gasteiger partial charge in [0, 0.05) is 22.6 Å². The van der Waals surface area contributed by atoms with E-state index in [-0.39, 0.29) is 17.6 Å². The van der Waals surface area contributed by atoms with Gasteiger partial charge in [0.1, 0.15) is 10.8 Å². The van der Waals surface area contributed by atoms with Crippen molar-refractivity contribution in [2.75, 3.05) is 5.75 Å². The van der Waals surface area contributed by atoms with Crippen LogP contribution < -0.4 is 11.5 Å². The molecule has 4 nitrogen and oxygen atoms in total. The third-order valence-electron chi connectivity index (χ3n) is 3.01. The number of nitrogens with two attached hydrogens (primary N) is 2. The van der Waals surface area contributed by atoms with Crippen LogP contribution in [0, 0.1) is 12.7 Å². The number of amides is 1. The first-order valence-electron chi connectivity index (χ1n) is 6.16. The second kappa shape index (κ2) is 5.76. The van der Waals surface area contributed by atoms with Crippen LogP contribution in [-0.2, 0) is 4.79 Å². The molecule has 1 aromatic carbocycles. The third kappa shape index (κ3) is 2.91. The van der Waals surface area contributed by atoms with Crippen LogP contribution in [0.2, 0.25) is 0 Å². The maximum absolute atomic E-state index is 13.6. The van der Waals surface area contributed by atoms with E-state index >= 15 is 0 Å². The van der Waals surface area contributed by atoms with E-state index in [2.05, 4.69) is 4.98 Å². The summed E-state index contributed by atoms with van der Waals surface area (Å²) in [5.74, 6) is -0.611. The molecule has 0 radical (unpaired) electrons. The number of carbonyl (C=O) groups is 1. The molecule has 6 heteroatoms. The molecule has 0 fully saturated rings. The molecular formula is C14H16FN3OS. The van der Waals surface area contributed by atoms with Gasteiger partial charge in [-0.25, -0.2) is 9.37 Å². The number of aryl methyl sites for hydroxylation is 1. The number of aromatic nitrogens is 1. The Bertz CT molecular complexity index is 673. The van der Waals surface area contributed by atoms with E-state index in [4.69, 9.17) is 11.5 Å². The molecule has 1 amide bonds. The molecule has 0 aliphatic carbocycles. The van der Waals surface area contributed by atoms with Crippen molar-refractivity contribution in [2.24, 2.45) is 11.5 Å². The van der Waals surface area contributed by atoms with E-state index in [1.165, 1.54) is 17.8 Å². The molecule has 0 saturated carbocycles. The number of hydrogen-bond acceptors (Lipinski definition) is 4. The molecule has 1 atom stereocenters. The van der Waals surface area contributed by atoms with Gasteiger partial charge in [-0.1, -0.05) is 11.8 Å². The van der Waals surface area contributed by atoms with Crippen LogP contribution in [0.15, 0.2) is 23.2 Å². The molecule has 0 bridgehead atoms. The summed E-state index contributed by atoms with van der Waals surface area (Å²) in [4.78, 5) is 15.4. The lowest BCUT2D eigenvalue weighted by Gasteiger charge is -2.13. The highest BCUT2D eigenvalue weighted by Gasteiger charge is 2.14. The highest BCUT2D eigenvalue weighted by atomic mass is 32.2. The van der Waals surface area contributed by atoms with Crippen molar-refractivity contribution >= 4 is 28.6 Å². The lowest BCUT2D eigenvalue weighted by molar-refractivity contribution is -0.115.